The molecule has 18 heavy (non-hydrogen) atoms. The second-order valence-corrected chi connectivity index (χ2v) is 3.59. The van der Waals surface area contributed by atoms with Gasteiger partial charge in [-0.05, 0) is 17.7 Å². The van der Waals surface area contributed by atoms with Crippen molar-refractivity contribution < 1.29 is 14.2 Å². The number of hydrogen-bond acceptors (Lipinski definition) is 4. The van der Waals surface area contributed by atoms with Crippen molar-refractivity contribution in [2.24, 2.45) is 5.73 Å². The summed E-state index contributed by atoms with van der Waals surface area (Å²) in [6.45, 7) is 2.03. The Hall–Kier alpha value is -1.54. The van der Waals surface area contributed by atoms with Gasteiger partial charge in [0.05, 0.1) is 39.0 Å². The largest absolute Gasteiger partial charge is 0.495 e. The first-order valence-corrected chi connectivity index (χ1v) is 5.74. The predicted octanol–water partition coefficient (Wildman–Crippen LogP) is 1.17. The molecule has 1 aromatic carbocycles. The van der Waals surface area contributed by atoms with Gasteiger partial charge in [-0.25, -0.2) is 0 Å². The van der Waals surface area contributed by atoms with Gasteiger partial charge in [-0.3, -0.25) is 0 Å². The van der Waals surface area contributed by atoms with Crippen molar-refractivity contribution in [3.8, 4) is 17.6 Å². The number of rotatable bonds is 6. The molecule has 0 saturated heterocycles. The van der Waals surface area contributed by atoms with E-state index in [1.54, 1.807) is 14.2 Å². The molecule has 2 N–H and O–H groups in total. The van der Waals surface area contributed by atoms with Crippen LogP contribution in [-0.4, -0.2) is 34.0 Å². The van der Waals surface area contributed by atoms with Gasteiger partial charge in [0, 0.05) is 7.11 Å². The van der Waals surface area contributed by atoms with Crippen LogP contribution in [0.2, 0.25) is 0 Å². The van der Waals surface area contributed by atoms with Crippen LogP contribution < -0.4 is 10.5 Å². The lowest BCUT2D eigenvalue weighted by Gasteiger charge is -2.07. The average Bonchev–Trinajstić information content (AvgIpc) is 2.41. The summed E-state index contributed by atoms with van der Waals surface area (Å²) in [6, 6.07) is 5.79. The minimum absolute atomic E-state index is 0.331. The monoisotopic (exact) mass is 249 g/mol. The molecular formula is C14H19NO3. The molecule has 0 saturated carbocycles. The van der Waals surface area contributed by atoms with E-state index in [4.69, 9.17) is 19.9 Å². The third-order valence-corrected chi connectivity index (χ3v) is 2.29. The number of methoxy groups -OCH3 is 2. The van der Waals surface area contributed by atoms with E-state index in [2.05, 4.69) is 11.8 Å². The molecule has 1 rings (SSSR count). The van der Waals surface area contributed by atoms with Crippen molar-refractivity contribution in [3.63, 3.8) is 0 Å². The van der Waals surface area contributed by atoms with Crippen LogP contribution in [0.15, 0.2) is 18.2 Å². The van der Waals surface area contributed by atoms with Gasteiger partial charge < -0.3 is 19.9 Å². The van der Waals surface area contributed by atoms with Gasteiger partial charge >= 0.3 is 0 Å². The second kappa shape index (κ2) is 8.54. The standard InChI is InChI=1S/C14H19NO3/c1-16-8-9-18-11-12-5-6-14(17-2)13(10-12)4-3-7-15/h5-6,10H,7-9,11,15H2,1-2H3. The average molecular weight is 249 g/mol. The Morgan fingerprint density at radius 1 is 1.22 bits per heavy atom. The maximum absolute atomic E-state index is 5.45. The molecule has 4 nitrogen and oxygen atoms in total. The predicted molar refractivity (Wildman–Crippen MR) is 70.5 cm³/mol. The molecule has 0 spiro atoms. The van der Waals surface area contributed by atoms with Gasteiger partial charge in [-0.1, -0.05) is 17.9 Å². The van der Waals surface area contributed by atoms with E-state index >= 15 is 0 Å². The van der Waals surface area contributed by atoms with Gasteiger partial charge in [-0.15, -0.1) is 0 Å². The van der Waals surface area contributed by atoms with Crippen LogP contribution >= 0.6 is 0 Å². The minimum atomic E-state index is 0.331. The van der Waals surface area contributed by atoms with E-state index in [1.807, 2.05) is 18.2 Å². The van der Waals surface area contributed by atoms with E-state index in [1.165, 1.54) is 0 Å². The maximum Gasteiger partial charge on any atom is 0.134 e. The van der Waals surface area contributed by atoms with Crippen molar-refractivity contribution in [1.29, 1.82) is 0 Å². The van der Waals surface area contributed by atoms with Gasteiger partial charge in [0.25, 0.3) is 0 Å². The second-order valence-electron chi connectivity index (χ2n) is 3.59. The maximum atomic E-state index is 5.45. The summed E-state index contributed by atoms with van der Waals surface area (Å²) >= 11 is 0. The van der Waals surface area contributed by atoms with Crippen molar-refractivity contribution >= 4 is 0 Å². The number of ether oxygens (including phenoxy) is 3. The minimum Gasteiger partial charge on any atom is -0.495 e. The summed E-state index contributed by atoms with van der Waals surface area (Å²) in [5, 5.41) is 0. The fourth-order valence-corrected chi connectivity index (χ4v) is 1.42. The van der Waals surface area contributed by atoms with Crippen LogP contribution in [-0.2, 0) is 16.1 Å². The molecule has 0 aliphatic heterocycles. The zero-order valence-electron chi connectivity index (χ0n) is 10.9. The Balaban J connectivity index is 2.70. The highest BCUT2D eigenvalue weighted by molar-refractivity contribution is 5.48. The summed E-state index contributed by atoms with van der Waals surface area (Å²) in [6.07, 6.45) is 0. The van der Waals surface area contributed by atoms with Gasteiger partial charge in [-0.2, -0.15) is 0 Å². The molecule has 98 valence electrons. The lowest BCUT2D eigenvalue weighted by molar-refractivity contribution is 0.0616. The fraction of sp³-hybridized carbons (Fsp3) is 0.429. The first kappa shape index (κ1) is 14.5. The van der Waals surface area contributed by atoms with Crippen molar-refractivity contribution in [3.05, 3.63) is 29.3 Å². The Morgan fingerprint density at radius 2 is 2.06 bits per heavy atom. The van der Waals surface area contributed by atoms with E-state index in [0.717, 1.165) is 16.9 Å². The summed E-state index contributed by atoms with van der Waals surface area (Å²) in [5.74, 6) is 6.55. The van der Waals surface area contributed by atoms with Gasteiger partial charge in [0.1, 0.15) is 5.75 Å². The molecule has 0 aromatic heterocycles. The first-order valence-electron chi connectivity index (χ1n) is 5.74. The Labute approximate surface area is 108 Å². The third kappa shape index (κ3) is 4.76. The quantitative estimate of drug-likeness (QED) is 0.607. The molecule has 0 aliphatic carbocycles. The molecule has 0 heterocycles. The van der Waals surface area contributed by atoms with Crippen LogP contribution in [0.25, 0.3) is 0 Å². The van der Waals surface area contributed by atoms with Crippen molar-refractivity contribution in [1.82, 2.24) is 0 Å². The highest BCUT2D eigenvalue weighted by Crippen LogP contribution is 2.19. The smallest absolute Gasteiger partial charge is 0.134 e. The lowest BCUT2D eigenvalue weighted by Crippen LogP contribution is -2.02. The van der Waals surface area contributed by atoms with Crippen LogP contribution in [0.3, 0.4) is 0 Å². The molecule has 4 heteroatoms. The molecule has 0 radical (unpaired) electrons. The zero-order chi connectivity index (χ0) is 13.2. The summed E-state index contributed by atoms with van der Waals surface area (Å²) in [7, 11) is 3.27. The third-order valence-electron chi connectivity index (χ3n) is 2.29. The molecule has 0 amide bonds. The Bertz CT molecular complexity index is 421. The summed E-state index contributed by atoms with van der Waals surface area (Å²) in [4.78, 5) is 0. The van der Waals surface area contributed by atoms with Gasteiger partial charge in [0.2, 0.25) is 0 Å². The highest BCUT2D eigenvalue weighted by atomic mass is 16.5. The van der Waals surface area contributed by atoms with Crippen molar-refractivity contribution in [2.75, 3.05) is 34.0 Å². The molecular weight excluding hydrogens is 230 g/mol. The van der Waals surface area contributed by atoms with Crippen LogP contribution in [0, 0.1) is 11.8 Å². The molecule has 0 fully saturated rings. The van der Waals surface area contributed by atoms with Crippen LogP contribution in [0.1, 0.15) is 11.1 Å². The summed E-state index contributed by atoms with van der Waals surface area (Å²) in [5.41, 5.74) is 7.25. The zero-order valence-corrected chi connectivity index (χ0v) is 10.9. The Kier molecular flexibility index (Phi) is 6.89. The van der Waals surface area contributed by atoms with E-state index in [0.29, 0.717) is 26.4 Å². The SMILES string of the molecule is COCCOCc1ccc(OC)c(C#CCN)c1. The van der Waals surface area contributed by atoms with E-state index in [9.17, 15) is 0 Å². The van der Waals surface area contributed by atoms with Crippen LogP contribution in [0.5, 0.6) is 5.75 Å². The number of hydrogen-bond donors (Lipinski definition) is 1. The number of benzene rings is 1. The summed E-state index contributed by atoms with van der Waals surface area (Å²) < 4.78 is 15.6. The number of nitrogens with two attached hydrogens (primary N) is 1. The first-order chi connectivity index (χ1) is 8.81. The highest BCUT2D eigenvalue weighted by Gasteiger charge is 2.02. The Morgan fingerprint density at radius 3 is 2.72 bits per heavy atom. The fourth-order valence-electron chi connectivity index (χ4n) is 1.42. The molecule has 0 bridgehead atoms. The van der Waals surface area contributed by atoms with Gasteiger partial charge in [0.15, 0.2) is 0 Å². The normalized spacial score (nSPS) is 9.72. The van der Waals surface area contributed by atoms with E-state index < -0.39 is 0 Å². The van der Waals surface area contributed by atoms with E-state index in [-0.39, 0.29) is 0 Å². The molecule has 1 aromatic rings. The molecule has 0 aliphatic rings. The lowest BCUT2D eigenvalue weighted by atomic mass is 10.1. The van der Waals surface area contributed by atoms with Crippen molar-refractivity contribution in [2.45, 2.75) is 6.61 Å². The topological polar surface area (TPSA) is 53.7 Å². The molecule has 0 unspecified atom stereocenters. The molecule has 0 atom stereocenters. The van der Waals surface area contributed by atoms with Crippen LogP contribution in [0.4, 0.5) is 0 Å².